The fourth-order valence-corrected chi connectivity index (χ4v) is 2.42. The van der Waals surface area contributed by atoms with Crippen LogP contribution in [0.3, 0.4) is 0 Å². The molecule has 6 heteroatoms. The number of aromatic carboxylic acids is 1. The molecule has 0 aliphatic heterocycles. The Bertz CT molecular complexity index is 558. The van der Waals surface area contributed by atoms with Gasteiger partial charge in [0.1, 0.15) is 5.69 Å². The molecule has 0 aliphatic carbocycles. The maximum atomic E-state index is 11.0. The van der Waals surface area contributed by atoms with Gasteiger partial charge in [0.25, 0.3) is 0 Å². The fraction of sp³-hybridized carbons (Fsp3) is 0.333. The number of aromatic nitrogens is 1. The molecule has 0 atom stereocenters. The Morgan fingerprint density at radius 3 is 2.89 bits per heavy atom. The van der Waals surface area contributed by atoms with Gasteiger partial charge >= 0.3 is 5.97 Å². The van der Waals surface area contributed by atoms with Crippen LogP contribution in [0, 0.1) is 0 Å². The van der Waals surface area contributed by atoms with E-state index in [0.717, 1.165) is 11.3 Å². The maximum Gasteiger partial charge on any atom is 0.373 e. The second kappa shape index (κ2) is 5.32. The molecule has 0 saturated carbocycles. The zero-order chi connectivity index (χ0) is 13.1. The summed E-state index contributed by atoms with van der Waals surface area (Å²) in [6.45, 7) is 2.18. The van der Waals surface area contributed by atoms with Gasteiger partial charge in [-0.05, 0) is 18.6 Å². The highest BCUT2D eigenvalue weighted by molar-refractivity contribution is 7.15. The number of methoxy groups -OCH3 is 1. The third-order valence-electron chi connectivity index (χ3n) is 2.39. The van der Waals surface area contributed by atoms with Crippen LogP contribution < -0.4 is 0 Å². The topological polar surface area (TPSA) is 72.6 Å². The standard InChI is InChI=1S/C12H13NO4S/c1-3-7-4-5-9(18-7)11-13-8(6-16-2)10(17-11)12(14)15/h4-5H,3,6H2,1-2H3,(H,14,15). The van der Waals surface area contributed by atoms with Crippen LogP contribution in [0.15, 0.2) is 16.5 Å². The Hall–Kier alpha value is -1.66. The SMILES string of the molecule is CCc1ccc(-c2nc(COC)c(C(=O)O)o2)s1. The first-order valence-electron chi connectivity index (χ1n) is 5.46. The number of ether oxygens (including phenoxy) is 1. The number of thiophene rings is 1. The summed E-state index contributed by atoms with van der Waals surface area (Å²) in [5, 5.41) is 9.02. The number of aryl methyl sites for hydroxylation is 1. The van der Waals surface area contributed by atoms with E-state index >= 15 is 0 Å². The number of hydrogen-bond donors (Lipinski definition) is 1. The number of rotatable bonds is 5. The van der Waals surface area contributed by atoms with Gasteiger partial charge in [-0.1, -0.05) is 6.92 Å². The minimum absolute atomic E-state index is 0.122. The molecule has 5 nitrogen and oxygen atoms in total. The molecule has 0 amide bonds. The van der Waals surface area contributed by atoms with Crippen molar-refractivity contribution in [2.45, 2.75) is 20.0 Å². The van der Waals surface area contributed by atoms with E-state index in [1.54, 1.807) is 11.3 Å². The largest absolute Gasteiger partial charge is 0.475 e. The number of oxazole rings is 1. The van der Waals surface area contributed by atoms with Gasteiger partial charge in [-0.2, -0.15) is 0 Å². The normalized spacial score (nSPS) is 10.8. The van der Waals surface area contributed by atoms with Crippen LogP contribution in [0.25, 0.3) is 10.8 Å². The van der Waals surface area contributed by atoms with Crippen LogP contribution >= 0.6 is 11.3 Å². The van der Waals surface area contributed by atoms with E-state index in [9.17, 15) is 4.79 Å². The highest BCUT2D eigenvalue weighted by atomic mass is 32.1. The van der Waals surface area contributed by atoms with Gasteiger partial charge in [0.15, 0.2) is 0 Å². The Morgan fingerprint density at radius 2 is 2.33 bits per heavy atom. The molecule has 0 saturated heterocycles. The van der Waals surface area contributed by atoms with Crippen LogP contribution in [0.2, 0.25) is 0 Å². The molecule has 2 aromatic rings. The number of hydrogen-bond acceptors (Lipinski definition) is 5. The molecule has 0 unspecified atom stereocenters. The quantitative estimate of drug-likeness (QED) is 0.901. The Kier molecular flexibility index (Phi) is 3.78. The average molecular weight is 267 g/mol. The smallest absolute Gasteiger partial charge is 0.373 e. The van der Waals surface area contributed by atoms with Crippen molar-refractivity contribution in [1.82, 2.24) is 4.98 Å². The van der Waals surface area contributed by atoms with Crippen molar-refractivity contribution in [2.24, 2.45) is 0 Å². The monoisotopic (exact) mass is 267 g/mol. The zero-order valence-electron chi connectivity index (χ0n) is 10.1. The lowest BCUT2D eigenvalue weighted by molar-refractivity contribution is 0.0656. The van der Waals surface area contributed by atoms with Gasteiger partial charge < -0.3 is 14.3 Å². The summed E-state index contributed by atoms with van der Waals surface area (Å²) in [5.74, 6) is -0.949. The molecule has 0 radical (unpaired) electrons. The van der Waals surface area contributed by atoms with Crippen molar-refractivity contribution in [2.75, 3.05) is 7.11 Å². The van der Waals surface area contributed by atoms with Crippen LogP contribution in [0.1, 0.15) is 28.0 Å². The molecule has 0 aliphatic rings. The lowest BCUT2D eigenvalue weighted by Gasteiger charge is -1.92. The minimum Gasteiger partial charge on any atom is -0.475 e. The molecule has 2 heterocycles. The van der Waals surface area contributed by atoms with Crippen molar-refractivity contribution >= 4 is 17.3 Å². The van der Waals surface area contributed by atoms with Crippen LogP contribution in [-0.4, -0.2) is 23.2 Å². The van der Waals surface area contributed by atoms with Gasteiger partial charge in [-0.15, -0.1) is 11.3 Å². The summed E-state index contributed by atoms with van der Waals surface area (Å²) in [4.78, 5) is 17.2. The summed E-state index contributed by atoms with van der Waals surface area (Å²) in [7, 11) is 1.49. The molecule has 1 N–H and O–H groups in total. The molecule has 2 aromatic heterocycles. The minimum atomic E-state index is -1.13. The summed E-state index contributed by atoms with van der Waals surface area (Å²) >= 11 is 1.55. The van der Waals surface area contributed by atoms with E-state index in [4.69, 9.17) is 14.3 Å². The molecular formula is C12H13NO4S. The lowest BCUT2D eigenvalue weighted by Crippen LogP contribution is -2.00. The Morgan fingerprint density at radius 1 is 1.56 bits per heavy atom. The van der Waals surface area contributed by atoms with Crippen molar-refractivity contribution in [3.05, 3.63) is 28.5 Å². The third kappa shape index (κ3) is 2.44. The number of carboxylic acids is 1. The molecule has 96 valence electrons. The molecule has 0 fully saturated rings. The summed E-state index contributed by atoms with van der Waals surface area (Å²) < 4.78 is 10.2. The van der Waals surface area contributed by atoms with Gasteiger partial charge in [-0.3, -0.25) is 0 Å². The Labute approximate surface area is 108 Å². The molecule has 0 spiro atoms. The molecular weight excluding hydrogens is 254 g/mol. The zero-order valence-corrected chi connectivity index (χ0v) is 10.9. The van der Waals surface area contributed by atoms with Crippen LogP contribution in [0.5, 0.6) is 0 Å². The predicted octanol–water partition coefficient (Wildman–Crippen LogP) is 2.81. The van der Waals surface area contributed by atoms with Gasteiger partial charge in [0.2, 0.25) is 11.7 Å². The van der Waals surface area contributed by atoms with Crippen LogP contribution in [-0.2, 0) is 17.8 Å². The summed E-state index contributed by atoms with van der Waals surface area (Å²) in [6, 6.07) is 3.87. The van der Waals surface area contributed by atoms with Crippen LogP contribution in [0.4, 0.5) is 0 Å². The number of carbonyl (C=O) groups is 1. The van der Waals surface area contributed by atoms with E-state index in [2.05, 4.69) is 11.9 Å². The third-order valence-corrected chi connectivity index (χ3v) is 3.61. The van der Waals surface area contributed by atoms with Crippen molar-refractivity contribution < 1.29 is 19.1 Å². The molecule has 0 bridgehead atoms. The van der Waals surface area contributed by atoms with E-state index in [1.807, 2.05) is 12.1 Å². The maximum absolute atomic E-state index is 11.0. The second-order valence-corrected chi connectivity index (χ2v) is 4.82. The molecule has 0 aromatic carbocycles. The molecule has 2 rings (SSSR count). The molecule has 18 heavy (non-hydrogen) atoms. The van der Waals surface area contributed by atoms with E-state index in [0.29, 0.717) is 11.6 Å². The van der Waals surface area contributed by atoms with Crippen molar-refractivity contribution in [3.8, 4) is 10.8 Å². The first-order chi connectivity index (χ1) is 8.65. The van der Waals surface area contributed by atoms with Crippen molar-refractivity contribution in [3.63, 3.8) is 0 Å². The highest BCUT2D eigenvalue weighted by Crippen LogP contribution is 2.29. The predicted molar refractivity (Wildman–Crippen MR) is 66.9 cm³/mol. The summed E-state index contributed by atoms with van der Waals surface area (Å²) in [5.41, 5.74) is 0.312. The fourth-order valence-electron chi connectivity index (χ4n) is 1.54. The van der Waals surface area contributed by atoms with Gasteiger partial charge in [-0.25, -0.2) is 9.78 Å². The first kappa shape index (κ1) is 12.8. The first-order valence-corrected chi connectivity index (χ1v) is 6.28. The second-order valence-electron chi connectivity index (χ2n) is 3.65. The van der Waals surface area contributed by atoms with E-state index < -0.39 is 5.97 Å². The number of carboxylic acid groups (broad SMARTS) is 1. The Balaban J connectivity index is 2.39. The number of nitrogens with zero attached hydrogens (tertiary/aromatic N) is 1. The summed E-state index contributed by atoms with van der Waals surface area (Å²) in [6.07, 6.45) is 0.933. The average Bonchev–Trinajstić information content (AvgIpc) is 2.94. The van der Waals surface area contributed by atoms with Crippen molar-refractivity contribution in [1.29, 1.82) is 0 Å². The lowest BCUT2D eigenvalue weighted by atomic mass is 10.3. The van der Waals surface area contributed by atoms with E-state index in [-0.39, 0.29) is 12.4 Å². The highest BCUT2D eigenvalue weighted by Gasteiger charge is 2.20. The van der Waals surface area contributed by atoms with Gasteiger partial charge in [0, 0.05) is 12.0 Å². The van der Waals surface area contributed by atoms with E-state index in [1.165, 1.54) is 12.0 Å². The van der Waals surface area contributed by atoms with Gasteiger partial charge in [0.05, 0.1) is 11.5 Å².